The van der Waals surface area contributed by atoms with E-state index in [1.165, 1.54) is 6.92 Å². The van der Waals surface area contributed by atoms with E-state index in [2.05, 4.69) is 15.9 Å². The van der Waals surface area contributed by atoms with E-state index in [0.717, 1.165) is 0 Å². The Morgan fingerprint density at radius 2 is 1.80 bits per heavy atom. The summed E-state index contributed by atoms with van der Waals surface area (Å²) >= 11 is 8.08. The molecule has 1 aromatic carbocycles. The molecule has 1 N–H and O–H groups in total. The third kappa shape index (κ3) is 2.14. The molecule has 1 nitrogen and oxygen atoms in total. The lowest BCUT2D eigenvalue weighted by Gasteiger charge is -2.14. The molecule has 0 saturated heterocycles. The summed E-state index contributed by atoms with van der Waals surface area (Å²) in [6.45, 7) is 0.966. The fourth-order valence-corrected chi connectivity index (χ4v) is 2.00. The highest BCUT2D eigenvalue weighted by atomic mass is 79.9. The molecule has 0 aliphatic heterocycles. The van der Waals surface area contributed by atoms with Gasteiger partial charge in [0.15, 0.2) is 17.5 Å². The molecule has 0 fully saturated rings. The van der Waals surface area contributed by atoms with Crippen molar-refractivity contribution in [2.24, 2.45) is 0 Å². The van der Waals surface area contributed by atoms with Gasteiger partial charge in [-0.1, -0.05) is 18.5 Å². The number of halogens is 5. The van der Waals surface area contributed by atoms with Crippen LogP contribution in [0.1, 0.15) is 18.4 Å². The quantitative estimate of drug-likeness (QED) is 0.653. The Morgan fingerprint density at radius 3 is 2.27 bits per heavy atom. The largest absolute Gasteiger partial charge is 0.396 e. The van der Waals surface area contributed by atoms with Crippen molar-refractivity contribution in [3.8, 4) is 0 Å². The van der Waals surface area contributed by atoms with Gasteiger partial charge >= 0.3 is 0 Å². The van der Waals surface area contributed by atoms with Crippen molar-refractivity contribution in [2.75, 3.05) is 6.61 Å². The minimum absolute atomic E-state index is 0.350. The maximum absolute atomic E-state index is 13.4. The third-order valence-corrected chi connectivity index (χ3v) is 3.08. The third-order valence-electron chi connectivity index (χ3n) is 2.01. The molecule has 0 saturated carbocycles. The zero-order valence-electron chi connectivity index (χ0n) is 7.62. The van der Waals surface area contributed by atoms with E-state index >= 15 is 0 Å². The summed E-state index contributed by atoms with van der Waals surface area (Å²) in [6.07, 6.45) is 0. The monoisotopic (exact) mass is 302 g/mol. The molecular weight excluding hydrogens is 296 g/mol. The zero-order valence-corrected chi connectivity index (χ0v) is 9.96. The molecule has 1 aromatic rings. The van der Waals surface area contributed by atoms with Gasteiger partial charge < -0.3 is 5.11 Å². The lowest BCUT2D eigenvalue weighted by atomic mass is 10.0. The van der Waals surface area contributed by atoms with Crippen molar-refractivity contribution in [1.82, 2.24) is 0 Å². The molecule has 6 heteroatoms. The highest BCUT2D eigenvalue weighted by molar-refractivity contribution is 9.10. The summed E-state index contributed by atoms with van der Waals surface area (Å²) in [7, 11) is 0. The second-order valence-corrected chi connectivity index (χ2v) is 4.24. The van der Waals surface area contributed by atoms with Crippen molar-refractivity contribution >= 4 is 27.5 Å². The van der Waals surface area contributed by atoms with Gasteiger partial charge in [0.1, 0.15) is 0 Å². The Labute approximate surface area is 98.0 Å². The van der Waals surface area contributed by atoms with E-state index in [0.29, 0.717) is 0 Å². The van der Waals surface area contributed by atoms with Crippen LogP contribution in [0.4, 0.5) is 13.2 Å². The van der Waals surface area contributed by atoms with Crippen molar-refractivity contribution in [3.05, 3.63) is 32.5 Å². The van der Waals surface area contributed by atoms with Crippen LogP contribution in [0.2, 0.25) is 5.02 Å². The lowest BCUT2D eigenvalue weighted by Crippen LogP contribution is -2.07. The number of benzene rings is 1. The summed E-state index contributed by atoms with van der Waals surface area (Å²) in [5.41, 5.74) is -0.350. The van der Waals surface area contributed by atoms with E-state index in [9.17, 15) is 13.2 Å². The molecule has 0 amide bonds. The van der Waals surface area contributed by atoms with Crippen LogP contribution in [-0.2, 0) is 0 Å². The summed E-state index contributed by atoms with van der Waals surface area (Å²) in [4.78, 5) is 0. The van der Waals surface area contributed by atoms with Crippen LogP contribution in [0.3, 0.4) is 0 Å². The average molecular weight is 304 g/mol. The van der Waals surface area contributed by atoms with Gasteiger partial charge in [-0.3, -0.25) is 0 Å². The van der Waals surface area contributed by atoms with E-state index in [1.807, 2.05) is 0 Å². The Morgan fingerprint density at radius 1 is 1.27 bits per heavy atom. The van der Waals surface area contributed by atoms with Crippen molar-refractivity contribution < 1.29 is 18.3 Å². The first kappa shape index (κ1) is 12.8. The summed E-state index contributed by atoms with van der Waals surface area (Å²) in [5, 5.41) is 8.29. The minimum atomic E-state index is -1.34. The SMILES string of the molecule is CC(CO)c1c(F)c(F)c(Br)c(F)c1Cl. The fourth-order valence-electron chi connectivity index (χ4n) is 1.15. The molecule has 15 heavy (non-hydrogen) atoms. The Hall–Kier alpha value is -0.260. The summed E-state index contributed by atoms with van der Waals surface area (Å²) in [6, 6.07) is 0. The summed E-state index contributed by atoms with van der Waals surface area (Å²) < 4.78 is 39.1. The van der Waals surface area contributed by atoms with Crippen LogP contribution in [0, 0.1) is 17.5 Å². The number of aliphatic hydroxyl groups is 1. The first-order valence-electron chi connectivity index (χ1n) is 4.04. The lowest BCUT2D eigenvalue weighted by molar-refractivity contribution is 0.269. The van der Waals surface area contributed by atoms with E-state index in [1.54, 1.807) is 0 Å². The molecule has 0 heterocycles. The molecule has 0 aliphatic rings. The standard InChI is InChI=1S/C9H7BrClF3O/c1-3(2-15)4-6(11)8(13)5(10)9(14)7(4)12/h3,15H,2H2,1H3. The molecular formula is C9H7BrClF3O. The predicted octanol–water partition coefficient (Wildman–Crippen LogP) is 3.62. The zero-order chi connectivity index (χ0) is 11.7. The Bertz CT molecular complexity index is 368. The maximum Gasteiger partial charge on any atom is 0.176 e. The first-order valence-corrected chi connectivity index (χ1v) is 5.21. The van der Waals surface area contributed by atoms with Gasteiger partial charge in [0.05, 0.1) is 9.50 Å². The normalized spacial score (nSPS) is 13.0. The molecule has 1 rings (SSSR count). The molecule has 1 atom stereocenters. The second kappa shape index (κ2) is 4.72. The van der Waals surface area contributed by atoms with Gasteiger partial charge in [0, 0.05) is 18.1 Å². The van der Waals surface area contributed by atoms with Gasteiger partial charge in [-0.2, -0.15) is 0 Å². The van der Waals surface area contributed by atoms with Crippen LogP contribution in [0.25, 0.3) is 0 Å². The highest BCUT2D eigenvalue weighted by Crippen LogP contribution is 2.36. The number of aliphatic hydroxyl groups excluding tert-OH is 1. The van der Waals surface area contributed by atoms with Crippen LogP contribution >= 0.6 is 27.5 Å². The minimum Gasteiger partial charge on any atom is -0.396 e. The number of hydrogen-bond donors (Lipinski definition) is 1. The Balaban J connectivity index is 3.52. The molecule has 0 radical (unpaired) electrons. The second-order valence-electron chi connectivity index (χ2n) is 3.07. The van der Waals surface area contributed by atoms with Gasteiger partial charge in [-0.15, -0.1) is 0 Å². The molecule has 0 aliphatic carbocycles. The maximum atomic E-state index is 13.4. The first-order chi connectivity index (χ1) is 6.91. The molecule has 0 aromatic heterocycles. The van der Waals surface area contributed by atoms with Crippen molar-refractivity contribution in [2.45, 2.75) is 12.8 Å². The average Bonchev–Trinajstić information content (AvgIpc) is 2.23. The van der Waals surface area contributed by atoms with Gasteiger partial charge in [-0.05, 0) is 15.9 Å². The number of hydrogen-bond acceptors (Lipinski definition) is 1. The van der Waals surface area contributed by atoms with Crippen LogP contribution in [-0.4, -0.2) is 11.7 Å². The highest BCUT2D eigenvalue weighted by Gasteiger charge is 2.25. The van der Waals surface area contributed by atoms with Crippen LogP contribution < -0.4 is 0 Å². The Kier molecular flexibility index (Phi) is 4.03. The van der Waals surface area contributed by atoms with Gasteiger partial charge in [-0.25, -0.2) is 13.2 Å². The smallest absolute Gasteiger partial charge is 0.176 e. The molecule has 0 bridgehead atoms. The number of rotatable bonds is 2. The predicted molar refractivity (Wildman–Crippen MR) is 54.5 cm³/mol. The molecule has 0 spiro atoms. The van der Waals surface area contributed by atoms with Crippen molar-refractivity contribution in [1.29, 1.82) is 0 Å². The molecule has 1 unspecified atom stereocenters. The van der Waals surface area contributed by atoms with E-state index < -0.39 is 39.5 Å². The van der Waals surface area contributed by atoms with Crippen LogP contribution in [0.5, 0.6) is 0 Å². The van der Waals surface area contributed by atoms with Crippen LogP contribution in [0.15, 0.2) is 4.47 Å². The fraction of sp³-hybridized carbons (Fsp3) is 0.333. The van der Waals surface area contributed by atoms with Gasteiger partial charge in [0.2, 0.25) is 0 Å². The van der Waals surface area contributed by atoms with Gasteiger partial charge in [0.25, 0.3) is 0 Å². The van der Waals surface area contributed by atoms with Crippen molar-refractivity contribution in [3.63, 3.8) is 0 Å². The summed E-state index contributed by atoms with van der Waals surface area (Å²) in [5.74, 6) is -4.41. The molecule has 84 valence electrons. The van der Waals surface area contributed by atoms with E-state index in [4.69, 9.17) is 16.7 Å². The van der Waals surface area contributed by atoms with E-state index in [-0.39, 0.29) is 5.56 Å². The topological polar surface area (TPSA) is 20.2 Å².